The molecule has 1 aromatic carbocycles. The van der Waals surface area contributed by atoms with Crippen LogP contribution in [0, 0.1) is 0 Å². The Balaban J connectivity index is 2.23. The highest BCUT2D eigenvalue weighted by atomic mass is 16.2. The Morgan fingerprint density at radius 3 is 2.35 bits per heavy atom. The van der Waals surface area contributed by atoms with Gasteiger partial charge in [0.05, 0.1) is 0 Å². The molecule has 0 saturated carbocycles. The monoisotopic (exact) mass is 353 g/mol. The summed E-state index contributed by atoms with van der Waals surface area (Å²) in [6, 6.07) is 13.0. The van der Waals surface area contributed by atoms with Crippen molar-refractivity contribution in [2.45, 2.75) is 52.7 Å². The third kappa shape index (κ3) is 5.41. The van der Waals surface area contributed by atoms with Crippen LogP contribution in [0.1, 0.15) is 61.0 Å². The number of hydrogen-bond donors (Lipinski definition) is 1. The summed E-state index contributed by atoms with van der Waals surface area (Å²) in [7, 11) is 0. The Bertz CT molecular complexity index is 764. The highest BCUT2D eigenvalue weighted by Gasteiger charge is 2.22. The lowest BCUT2D eigenvalue weighted by Crippen LogP contribution is -2.41. The van der Waals surface area contributed by atoms with Crippen LogP contribution in [-0.2, 0) is 6.54 Å². The molecule has 0 saturated heterocycles. The molecule has 2 rings (SSSR count). The molecule has 0 aliphatic rings. The van der Waals surface area contributed by atoms with Crippen LogP contribution in [0.3, 0.4) is 0 Å². The first-order valence-corrected chi connectivity index (χ1v) is 8.81. The fourth-order valence-corrected chi connectivity index (χ4v) is 2.52. The first-order valence-electron chi connectivity index (χ1n) is 8.81. The minimum absolute atomic E-state index is 0.0107. The number of nitrogens with one attached hydrogen (secondary N) is 1. The maximum absolute atomic E-state index is 13.0. The predicted octanol–water partition coefficient (Wildman–Crippen LogP) is 3.66. The van der Waals surface area contributed by atoms with Gasteiger partial charge in [0.25, 0.3) is 11.8 Å². The van der Waals surface area contributed by atoms with Gasteiger partial charge in [-0.1, -0.05) is 30.3 Å². The highest BCUT2D eigenvalue weighted by Crippen LogP contribution is 2.14. The van der Waals surface area contributed by atoms with Gasteiger partial charge in [-0.3, -0.25) is 14.6 Å². The summed E-state index contributed by atoms with van der Waals surface area (Å²) in [6.45, 7) is 10.2. The summed E-state index contributed by atoms with van der Waals surface area (Å²) in [4.78, 5) is 31.3. The van der Waals surface area contributed by atoms with E-state index in [-0.39, 0.29) is 29.1 Å². The topological polar surface area (TPSA) is 62.3 Å². The van der Waals surface area contributed by atoms with E-state index in [1.807, 2.05) is 65.0 Å². The van der Waals surface area contributed by atoms with Crippen LogP contribution < -0.4 is 5.32 Å². The Morgan fingerprint density at radius 1 is 1.12 bits per heavy atom. The third-order valence-electron chi connectivity index (χ3n) is 3.81. The molecular weight excluding hydrogens is 326 g/mol. The van der Waals surface area contributed by atoms with Crippen LogP contribution in [0.25, 0.3) is 0 Å². The van der Waals surface area contributed by atoms with E-state index < -0.39 is 0 Å². The summed E-state index contributed by atoms with van der Waals surface area (Å²) in [5.41, 5.74) is 1.41. The summed E-state index contributed by atoms with van der Waals surface area (Å²) in [5.74, 6) is -0.401. The number of amides is 2. The number of pyridine rings is 1. The Hall–Kier alpha value is -2.69. The molecule has 1 heterocycles. The smallest absolute Gasteiger partial charge is 0.272 e. The molecule has 2 amide bonds. The van der Waals surface area contributed by atoms with E-state index >= 15 is 0 Å². The number of benzene rings is 1. The second kappa shape index (κ2) is 8.13. The summed E-state index contributed by atoms with van der Waals surface area (Å²) in [6.07, 6.45) is 1.51. The van der Waals surface area contributed by atoms with Crippen molar-refractivity contribution < 1.29 is 9.59 Å². The molecular formula is C21H27N3O2. The van der Waals surface area contributed by atoms with Gasteiger partial charge >= 0.3 is 0 Å². The normalized spacial score (nSPS) is 11.3. The molecule has 1 N–H and O–H groups in total. The minimum atomic E-state index is -0.345. The first-order chi connectivity index (χ1) is 12.2. The van der Waals surface area contributed by atoms with Crippen molar-refractivity contribution >= 4 is 11.8 Å². The standard InChI is InChI=1S/C21H27N3O2/c1-15(2)24(14-16-9-7-6-8-10-16)20(26)18-13-17(11-12-22-18)19(25)23-21(3,4)5/h6-13,15H,14H2,1-5H3,(H,23,25). The fourth-order valence-electron chi connectivity index (χ4n) is 2.52. The average molecular weight is 353 g/mol. The maximum Gasteiger partial charge on any atom is 0.272 e. The van der Waals surface area contributed by atoms with Crippen LogP contribution in [0.5, 0.6) is 0 Å². The van der Waals surface area contributed by atoms with Crippen LogP contribution in [0.15, 0.2) is 48.7 Å². The van der Waals surface area contributed by atoms with E-state index in [1.165, 1.54) is 6.20 Å². The lowest BCUT2D eigenvalue weighted by atomic mass is 10.1. The lowest BCUT2D eigenvalue weighted by Gasteiger charge is -2.27. The largest absolute Gasteiger partial charge is 0.347 e. The lowest BCUT2D eigenvalue weighted by molar-refractivity contribution is 0.0684. The van der Waals surface area contributed by atoms with Crippen molar-refractivity contribution in [1.82, 2.24) is 15.2 Å². The molecule has 1 aromatic heterocycles. The molecule has 26 heavy (non-hydrogen) atoms. The zero-order valence-corrected chi connectivity index (χ0v) is 16.1. The minimum Gasteiger partial charge on any atom is -0.347 e. The van der Waals surface area contributed by atoms with E-state index in [0.717, 1.165) is 5.56 Å². The second-order valence-electron chi connectivity index (χ2n) is 7.65. The van der Waals surface area contributed by atoms with Crippen LogP contribution in [-0.4, -0.2) is 33.3 Å². The van der Waals surface area contributed by atoms with E-state index in [2.05, 4.69) is 10.3 Å². The number of nitrogens with zero attached hydrogens (tertiary/aromatic N) is 2. The van der Waals surface area contributed by atoms with E-state index in [9.17, 15) is 9.59 Å². The fraction of sp³-hybridized carbons (Fsp3) is 0.381. The van der Waals surface area contributed by atoms with Gasteiger partial charge in [-0.15, -0.1) is 0 Å². The molecule has 0 atom stereocenters. The van der Waals surface area contributed by atoms with E-state index in [1.54, 1.807) is 17.0 Å². The molecule has 138 valence electrons. The number of carbonyl (C=O) groups is 2. The molecule has 0 unspecified atom stereocenters. The van der Waals surface area contributed by atoms with Crippen molar-refractivity contribution in [3.63, 3.8) is 0 Å². The second-order valence-corrected chi connectivity index (χ2v) is 7.65. The highest BCUT2D eigenvalue weighted by molar-refractivity contribution is 5.98. The number of hydrogen-bond acceptors (Lipinski definition) is 3. The summed E-state index contributed by atoms with van der Waals surface area (Å²) in [5, 5.41) is 2.90. The molecule has 5 nitrogen and oxygen atoms in total. The Morgan fingerprint density at radius 2 is 1.77 bits per heavy atom. The molecule has 0 spiro atoms. The molecule has 5 heteroatoms. The number of carbonyl (C=O) groups excluding carboxylic acids is 2. The Labute approximate surface area is 155 Å². The Kier molecular flexibility index (Phi) is 6.14. The van der Waals surface area contributed by atoms with Crippen molar-refractivity contribution in [2.24, 2.45) is 0 Å². The van der Waals surface area contributed by atoms with Gasteiger partial charge in [-0.2, -0.15) is 0 Å². The van der Waals surface area contributed by atoms with Crippen molar-refractivity contribution in [3.8, 4) is 0 Å². The first kappa shape index (κ1) is 19.6. The van der Waals surface area contributed by atoms with Crippen LogP contribution in [0.2, 0.25) is 0 Å². The summed E-state index contributed by atoms with van der Waals surface area (Å²) < 4.78 is 0. The van der Waals surface area contributed by atoms with Gasteiger partial charge in [-0.25, -0.2) is 0 Å². The third-order valence-corrected chi connectivity index (χ3v) is 3.81. The average Bonchev–Trinajstić information content (AvgIpc) is 2.58. The quantitative estimate of drug-likeness (QED) is 0.892. The molecule has 0 radical (unpaired) electrons. The van der Waals surface area contributed by atoms with Crippen molar-refractivity contribution in [3.05, 3.63) is 65.5 Å². The number of aromatic nitrogens is 1. The van der Waals surface area contributed by atoms with Gasteiger partial charge in [-0.05, 0) is 52.3 Å². The van der Waals surface area contributed by atoms with Crippen LogP contribution in [0.4, 0.5) is 0 Å². The SMILES string of the molecule is CC(C)N(Cc1ccccc1)C(=O)c1cc(C(=O)NC(C)(C)C)ccn1. The van der Waals surface area contributed by atoms with E-state index in [0.29, 0.717) is 12.1 Å². The summed E-state index contributed by atoms with van der Waals surface area (Å²) >= 11 is 0. The molecule has 0 bridgehead atoms. The van der Waals surface area contributed by atoms with Gasteiger partial charge in [0.1, 0.15) is 5.69 Å². The van der Waals surface area contributed by atoms with Gasteiger partial charge < -0.3 is 10.2 Å². The zero-order valence-electron chi connectivity index (χ0n) is 16.1. The van der Waals surface area contributed by atoms with Gasteiger partial charge in [0.2, 0.25) is 0 Å². The molecule has 0 aliphatic heterocycles. The molecule has 2 aromatic rings. The zero-order chi connectivity index (χ0) is 19.3. The molecule has 0 aliphatic carbocycles. The van der Waals surface area contributed by atoms with Gasteiger partial charge in [0, 0.05) is 29.9 Å². The van der Waals surface area contributed by atoms with Crippen molar-refractivity contribution in [1.29, 1.82) is 0 Å². The predicted molar refractivity (Wildman–Crippen MR) is 103 cm³/mol. The van der Waals surface area contributed by atoms with Gasteiger partial charge in [0.15, 0.2) is 0 Å². The van der Waals surface area contributed by atoms with Crippen LogP contribution >= 0.6 is 0 Å². The maximum atomic E-state index is 13.0. The van der Waals surface area contributed by atoms with Crippen molar-refractivity contribution in [2.75, 3.05) is 0 Å². The molecule has 0 fully saturated rings. The van der Waals surface area contributed by atoms with E-state index in [4.69, 9.17) is 0 Å². The number of rotatable bonds is 5.